The number of hydrogen-bond acceptors (Lipinski definition) is 3. The van der Waals surface area contributed by atoms with Crippen LogP contribution in [-0.4, -0.2) is 18.2 Å². The van der Waals surface area contributed by atoms with Crippen LogP contribution in [0.1, 0.15) is 32.1 Å². The monoisotopic (exact) mass is 284 g/mol. The lowest BCUT2D eigenvalue weighted by Crippen LogP contribution is -2.46. The van der Waals surface area contributed by atoms with Gasteiger partial charge in [0.15, 0.2) is 0 Å². The summed E-state index contributed by atoms with van der Waals surface area (Å²) in [6.45, 7) is 0.0989. The van der Waals surface area contributed by atoms with Gasteiger partial charge in [0.05, 0.1) is 11.2 Å². The Kier molecular flexibility index (Phi) is 4.54. The minimum atomic E-state index is -0.845. The number of amides is 1. The molecule has 3 N–H and O–H groups in total. The molecule has 6 heteroatoms. The maximum atomic E-state index is 13.3. The van der Waals surface area contributed by atoms with E-state index in [9.17, 15) is 13.6 Å². The summed E-state index contributed by atoms with van der Waals surface area (Å²) in [6, 6.07) is 2.90. The summed E-state index contributed by atoms with van der Waals surface area (Å²) in [5.41, 5.74) is 5.51. The van der Waals surface area contributed by atoms with Crippen LogP contribution >= 0.6 is 0 Å². The standard InChI is InChI=1S/C14H18F2N2O2/c15-10-4-5-12(11(16)8-10)18-13(19)20-9-14(17)6-2-1-3-7-14/h4-5,8H,1-3,6-7,9,17H2,(H,18,19). The van der Waals surface area contributed by atoms with Crippen molar-refractivity contribution < 1.29 is 18.3 Å². The van der Waals surface area contributed by atoms with Gasteiger partial charge in [-0.05, 0) is 25.0 Å². The van der Waals surface area contributed by atoms with Crippen LogP contribution in [0.4, 0.5) is 19.3 Å². The van der Waals surface area contributed by atoms with Crippen molar-refractivity contribution in [2.45, 2.75) is 37.6 Å². The summed E-state index contributed by atoms with van der Waals surface area (Å²) in [7, 11) is 0. The molecule has 110 valence electrons. The Bertz CT molecular complexity index is 488. The van der Waals surface area contributed by atoms with Crippen LogP contribution in [-0.2, 0) is 4.74 Å². The van der Waals surface area contributed by atoms with E-state index in [1.807, 2.05) is 0 Å². The molecule has 1 aliphatic rings. The largest absolute Gasteiger partial charge is 0.447 e. The summed E-state index contributed by atoms with van der Waals surface area (Å²) < 4.78 is 31.1. The quantitative estimate of drug-likeness (QED) is 0.896. The number of carbonyl (C=O) groups is 1. The predicted molar refractivity (Wildman–Crippen MR) is 71.3 cm³/mol. The molecule has 0 spiro atoms. The normalized spacial score (nSPS) is 17.6. The molecule has 1 fully saturated rings. The van der Waals surface area contributed by atoms with Gasteiger partial charge in [0.2, 0.25) is 0 Å². The van der Waals surface area contributed by atoms with Crippen LogP contribution in [0, 0.1) is 11.6 Å². The summed E-state index contributed by atoms with van der Waals surface area (Å²) in [5.74, 6) is -1.55. The highest BCUT2D eigenvalue weighted by Crippen LogP contribution is 2.26. The highest BCUT2D eigenvalue weighted by Gasteiger charge is 2.29. The molecule has 0 bridgehead atoms. The Morgan fingerprint density at radius 1 is 1.30 bits per heavy atom. The van der Waals surface area contributed by atoms with Gasteiger partial charge in [0.25, 0.3) is 0 Å². The molecular formula is C14H18F2N2O2. The molecular weight excluding hydrogens is 266 g/mol. The molecule has 2 rings (SSSR count). The third-order valence-electron chi connectivity index (χ3n) is 3.51. The highest BCUT2D eigenvalue weighted by atomic mass is 19.1. The molecule has 1 amide bonds. The van der Waals surface area contributed by atoms with E-state index in [0.29, 0.717) is 6.07 Å². The lowest BCUT2D eigenvalue weighted by molar-refractivity contribution is 0.112. The summed E-state index contributed by atoms with van der Waals surface area (Å²) >= 11 is 0. The molecule has 1 aromatic carbocycles. The van der Waals surface area contributed by atoms with Crippen molar-refractivity contribution in [2.75, 3.05) is 11.9 Å². The zero-order valence-electron chi connectivity index (χ0n) is 11.1. The third kappa shape index (κ3) is 3.90. The first-order valence-electron chi connectivity index (χ1n) is 6.66. The van der Waals surface area contributed by atoms with Crippen LogP contribution in [0.5, 0.6) is 0 Å². The maximum Gasteiger partial charge on any atom is 0.411 e. The van der Waals surface area contributed by atoms with E-state index in [-0.39, 0.29) is 12.3 Å². The van der Waals surface area contributed by atoms with Gasteiger partial charge in [-0.1, -0.05) is 19.3 Å². The molecule has 0 heterocycles. The second-order valence-corrected chi connectivity index (χ2v) is 5.25. The van der Waals surface area contributed by atoms with Crippen LogP contribution in [0.3, 0.4) is 0 Å². The van der Waals surface area contributed by atoms with Crippen molar-refractivity contribution in [3.8, 4) is 0 Å². The van der Waals surface area contributed by atoms with Crippen LogP contribution in [0.2, 0.25) is 0 Å². The van der Waals surface area contributed by atoms with Gasteiger partial charge in [-0.15, -0.1) is 0 Å². The van der Waals surface area contributed by atoms with Crippen molar-refractivity contribution in [3.63, 3.8) is 0 Å². The average molecular weight is 284 g/mol. The molecule has 4 nitrogen and oxygen atoms in total. The number of carbonyl (C=O) groups excluding carboxylic acids is 1. The van der Waals surface area contributed by atoms with Crippen molar-refractivity contribution >= 4 is 11.8 Å². The van der Waals surface area contributed by atoms with E-state index < -0.39 is 23.3 Å². The van der Waals surface area contributed by atoms with Crippen molar-refractivity contribution in [2.24, 2.45) is 5.73 Å². The van der Waals surface area contributed by atoms with Gasteiger partial charge in [-0.2, -0.15) is 0 Å². The fourth-order valence-electron chi connectivity index (χ4n) is 2.35. The van der Waals surface area contributed by atoms with Crippen molar-refractivity contribution in [1.82, 2.24) is 0 Å². The van der Waals surface area contributed by atoms with E-state index in [2.05, 4.69) is 5.32 Å². The zero-order chi connectivity index (χ0) is 14.6. The second-order valence-electron chi connectivity index (χ2n) is 5.25. The maximum absolute atomic E-state index is 13.3. The Morgan fingerprint density at radius 3 is 2.65 bits per heavy atom. The first-order valence-corrected chi connectivity index (χ1v) is 6.66. The number of nitrogens with two attached hydrogens (primary N) is 1. The van der Waals surface area contributed by atoms with Gasteiger partial charge in [0.1, 0.15) is 18.2 Å². The minimum Gasteiger partial charge on any atom is -0.447 e. The first-order chi connectivity index (χ1) is 9.48. The fraction of sp³-hybridized carbons (Fsp3) is 0.500. The van der Waals surface area contributed by atoms with Crippen molar-refractivity contribution in [3.05, 3.63) is 29.8 Å². The zero-order valence-corrected chi connectivity index (χ0v) is 11.1. The Labute approximate surface area is 116 Å². The smallest absolute Gasteiger partial charge is 0.411 e. The molecule has 0 aromatic heterocycles. The Hall–Kier alpha value is -1.69. The molecule has 0 radical (unpaired) electrons. The Morgan fingerprint density at radius 2 is 2.00 bits per heavy atom. The topological polar surface area (TPSA) is 64.3 Å². The fourth-order valence-corrected chi connectivity index (χ4v) is 2.35. The number of hydrogen-bond donors (Lipinski definition) is 2. The van der Waals surface area contributed by atoms with Gasteiger partial charge >= 0.3 is 6.09 Å². The summed E-state index contributed by atoms with van der Waals surface area (Å²) in [6.07, 6.45) is 4.02. The Balaban J connectivity index is 1.86. The number of halogens is 2. The van der Waals surface area contributed by atoms with Gasteiger partial charge in [-0.25, -0.2) is 13.6 Å². The van der Waals surface area contributed by atoms with E-state index in [4.69, 9.17) is 10.5 Å². The molecule has 1 saturated carbocycles. The predicted octanol–water partition coefficient (Wildman–Crippen LogP) is 3.17. The van der Waals surface area contributed by atoms with Crippen LogP contribution < -0.4 is 11.1 Å². The third-order valence-corrected chi connectivity index (χ3v) is 3.51. The van der Waals surface area contributed by atoms with Crippen LogP contribution in [0.25, 0.3) is 0 Å². The molecule has 0 unspecified atom stereocenters. The molecule has 0 atom stereocenters. The number of benzene rings is 1. The van der Waals surface area contributed by atoms with Gasteiger partial charge < -0.3 is 10.5 Å². The average Bonchev–Trinajstić information content (AvgIpc) is 2.41. The van der Waals surface area contributed by atoms with E-state index in [1.54, 1.807) is 0 Å². The highest BCUT2D eigenvalue weighted by molar-refractivity contribution is 5.84. The molecule has 0 aliphatic heterocycles. The van der Waals surface area contributed by atoms with Crippen LogP contribution in [0.15, 0.2) is 18.2 Å². The number of nitrogens with one attached hydrogen (secondary N) is 1. The van der Waals surface area contributed by atoms with Crippen molar-refractivity contribution in [1.29, 1.82) is 0 Å². The number of ether oxygens (including phenoxy) is 1. The van der Waals surface area contributed by atoms with E-state index in [0.717, 1.165) is 44.2 Å². The lowest BCUT2D eigenvalue weighted by Gasteiger charge is -2.32. The molecule has 0 saturated heterocycles. The molecule has 1 aliphatic carbocycles. The number of anilines is 1. The summed E-state index contributed by atoms with van der Waals surface area (Å²) in [4.78, 5) is 11.6. The number of rotatable bonds is 3. The molecule has 20 heavy (non-hydrogen) atoms. The van der Waals surface area contributed by atoms with Gasteiger partial charge in [0, 0.05) is 6.07 Å². The first kappa shape index (κ1) is 14.7. The molecule has 1 aromatic rings. The van der Waals surface area contributed by atoms with E-state index >= 15 is 0 Å². The van der Waals surface area contributed by atoms with E-state index in [1.165, 1.54) is 0 Å². The lowest BCUT2D eigenvalue weighted by atomic mass is 9.83. The second kappa shape index (κ2) is 6.17. The SMILES string of the molecule is NC1(COC(=O)Nc2ccc(F)cc2F)CCCCC1. The minimum absolute atomic E-state index is 0.0989. The summed E-state index contributed by atoms with van der Waals surface area (Å²) in [5, 5.41) is 2.24. The van der Waals surface area contributed by atoms with Gasteiger partial charge in [-0.3, -0.25) is 5.32 Å².